The Labute approximate surface area is 93.7 Å². The van der Waals surface area contributed by atoms with Crippen LogP contribution in [0.2, 0.25) is 0 Å². The first-order valence-electron chi connectivity index (χ1n) is 6.38. The molecule has 0 amide bonds. The van der Waals surface area contributed by atoms with E-state index in [1.807, 2.05) is 0 Å². The van der Waals surface area contributed by atoms with E-state index in [9.17, 15) is 5.11 Å². The highest BCUT2D eigenvalue weighted by atomic mass is 16.3. The van der Waals surface area contributed by atoms with E-state index in [2.05, 4.69) is 25.7 Å². The first kappa shape index (κ1) is 11.4. The Bertz CT molecular complexity index is 227. The van der Waals surface area contributed by atoms with Crippen LogP contribution in [0.5, 0.6) is 0 Å². The molecule has 0 aromatic carbocycles. The van der Waals surface area contributed by atoms with Crippen LogP contribution in [0.15, 0.2) is 0 Å². The van der Waals surface area contributed by atoms with Gasteiger partial charge >= 0.3 is 0 Å². The molecule has 2 nitrogen and oxygen atoms in total. The Morgan fingerprint density at radius 3 is 2.53 bits per heavy atom. The fourth-order valence-corrected chi connectivity index (χ4v) is 3.67. The van der Waals surface area contributed by atoms with Crippen molar-refractivity contribution in [1.29, 1.82) is 0 Å². The summed E-state index contributed by atoms with van der Waals surface area (Å²) >= 11 is 0. The monoisotopic (exact) mass is 211 g/mol. The molecule has 1 saturated heterocycles. The van der Waals surface area contributed by atoms with E-state index in [-0.39, 0.29) is 6.10 Å². The van der Waals surface area contributed by atoms with E-state index in [0.29, 0.717) is 5.41 Å². The molecule has 2 rings (SSSR count). The topological polar surface area (TPSA) is 23.5 Å². The fraction of sp³-hybridized carbons (Fsp3) is 1.00. The van der Waals surface area contributed by atoms with Gasteiger partial charge in [-0.15, -0.1) is 0 Å². The molecule has 1 aliphatic carbocycles. The van der Waals surface area contributed by atoms with E-state index in [4.69, 9.17) is 0 Å². The van der Waals surface area contributed by atoms with E-state index < -0.39 is 0 Å². The molecule has 15 heavy (non-hydrogen) atoms. The maximum absolute atomic E-state index is 9.58. The lowest BCUT2D eigenvalue weighted by Gasteiger charge is -2.42. The molecule has 2 heteroatoms. The van der Waals surface area contributed by atoms with Gasteiger partial charge in [-0.1, -0.05) is 20.8 Å². The van der Waals surface area contributed by atoms with Crippen molar-refractivity contribution < 1.29 is 5.11 Å². The standard InChI is InChI=1S/C13H25NO/c1-10-6-11(8-13(2,3)7-10)14-5-4-12(15)9-14/h10-12,15H,4-9H2,1-3H3. The van der Waals surface area contributed by atoms with Crippen LogP contribution < -0.4 is 0 Å². The average Bonchev–Trinajstić information content (AvgIpc) is 2.48. The Balaban J connectivity index is 1.97. The lowest BCUT2D eigenvalue weighted by atomic mass is 9.70. The molecule has 0 aromatic rings. The molecule has 1 heterocycles. The molecule has 0 spiro atoms. The SMILES string of the molecule is CC1CC(N2CCC(O)C2)CC(C)(C)C1. The van der Waals surface area contributed by atoms with E-state index in [1.165, 1.54) is 19.3 Å². The lowest BCUT2D eigenvalue weighted by molar-refractivity contribution is 0.0713. The van der Waals surface area contributed by atoms with Gasteiger partial charge in [0.25, 0.3) is 0 Å². The van der Waals surface area contributed by atoms with Crippen LogP contribution in [0.4, 0.5) is 0 Å². The van der Waals surface area contributed by atoms with Gasteiger partial charge in [0.2, 0.25) is 0 Å². The fourth-order valence-electron chi connectivity index (χ4n) is 3.67. The summed E-state index contributed by atoms with van der Waals surface area (Å²) in [5.74, 6) is 0.844. The van der Waals surface area contributed by atoms with Crippen LogP contribution in [0, 0.1) is 11.3 Å². The zero-order valence-corrected chi connectivity index (χ0v) is 10.4. The van der Waals surface area contributed by atoms with E-state index >= 15 is 0 Å². The Morgan fingerprint density at radius 1 is 1.27 bits per heavy atom. The Morgan fingerprint density at radius 2 is 2.00 bits per heavy atom. The highest BCUT2D eigenvalue weighted by Crippen LogP contribution is 2.41. The summed E-state index contributed by atoms with van der Waals surface area (Å²) < 4.78 is 0. The normalized spacial score (nSPS) is 42.0. The number of aliphatic hydroxyl groups excluding tert-OH is 1. The van der Waals surface area contributed by atoms with Gasteiger partial charge in [-0.3, -0.25) is 4.90 Å². The third kappa shape index (κ3) is 2.73. The lowest BCUT2D eigenvalue weighted by Crippen LogP contribution is -2.42. The van der Waals surface area contributed by atoms with Crippen LogP contribution in [0.3, 0.4) is 0 Å². The van der Waals surface area contributed by atoms with E-state index in [0.717, 1.165) is 31.5 Å². The summed E-state index contributed by atoms with van der Waals surface area (Å²) in [7, 11) is 0. The van der Waals surface area contributed by atoms with Crippen LogP contribution in [-0.2, 0) is 0 Å². The number of likely N-dealkylation sites (tertiary alicyclic amines) is 1. The second-order valence-corrected chi connectivity index (χ2v) is 6.50. The number of β-amino-alcohol motifs (C(OH)–C–C–N with tert-alkyl or cyclic N) is 1. The minimum Gasteiger partial charge on any atom is -0.392 e. The summed E-state index contributed by atoms with van der Waals surface area (Å²) in [6.45, 7) is 9.17. The summed E-state index contributed by atoms with van der Waals surface area (Å²) in [4.78, 5) is 2.52. The smallest absolute Gasteiger partial charge is 0.0679 e. The molecular formula is C13H25NO. The molecule has 3 atom stereocenters. The number of hydrogen-bond donors (Lipinski definition) is 1. The van der Waals surface area contributed by atoms with Gasteiger partial charge in [-0.2, -0.15) is 0 Å². The second kappa shape index (κ2) is 4.06. The predicted octanol–water partition coefficient (Wildman–Crippen LogP) is 2.27. The Kier molecular flexibility index (Phi) is 3.09. The van der Waals surface area contributed by atoms with Gasteiger partial charge in [0.1, 0.15) is 0 Å². The number of aliphatic hydroxyl groups is 1. The van der Waals surface area contributed by atoms with Gasteiger partial charge < -0.3 is 5.11 Å². The zero-order chi connectivity index (χ0) is 11.1. The van der Waals surface area contributed by atoms with Crippen LogP contribution in [0.1, 0.15) is 46.5 Å². The maximum atomic E-state index is 9.58. The largest absolute Gasteiger partial charge is 0.392 e. The highest BCUT2D eigenvalue weighted by molar-refractivity contribution is 4.90. The van der Waals surface area contributed by atoms with Crippen molar-refractivity contribution >= 4 is 0 Å². The summed E-state index contributed by atoms with van der Waals surface area (Å²) in [6, 6.07) is 0.723. The first-order chi connectivity index (χ1) is 6.96. The third-order valence-electron chi connectivity index (χ3n) is 4.07. The minimum atomic E-state index is -0.0645. The highest BCUT2D eigenvalue weighted by Gasteiger charge is 2.36. The van der Waals surface area contributed by atoms with Crippen LogP contribution in [-0.4, -0.2) is 35.2 Å². The molecule has 2 aliphatic rings. The van der Waals surface area contributed by atoms with Gasteiger partial charge in [-0.25, -0.2) is 0 Å². The summed E-state index contributed by atoms with van der Waals surface area (Å²) in [6.07, 6.45) is 4.91. The Hall–Kier alpha value is -0.0800. The van der Waals surface area contributed by atoms with Crippen LogP contribution >= 0.6 is 0 Å². The molecule has 1 N–H and O–H groups in total. The number of nitrogens with zero attached hydrogens (tertiary/aromatic N) is 1. The maximum Gasteiger partial charge on any atom is 0.0679 e. The van der Waals surface area contributed by atoms with Gasteiger partial charge in [-0.05, 0) is 37.0 Å². The number of rotatable bonds is 1. The average molecular weight is 211 g/mol. The molecular weight excluding hydrogens is 186 g/mol. The van der Waals surface area contributed by atoms with E-state index in [1.54, 1.807) is 0 Å². The van der Waals surface area contributed by atoms with Crippen molar-refractivity contribution in [2.75, 3.05) is 13.1 Å². The first-order valence-corrected chi connectivity index (χ1v) is 6.38. The molecule has 2 fully saturated rings. The third-order valence-corrected chi connectivity index (χ3v) is 4.07. The zero-order valence-electron chi connectivity index (χ0n) is 10.4. The van der Waals surface area contributed by atoms with Gasteiger partial charge in [0.05, 0.1) is 6.10 Å². The predicted molar refractivity (Wildman–Crippen MR) is 62.8 cm³/mol. The molecule has 1 aliphatic heterocycles. The molecule has 3 unspecified atom stereocenters. The minimum absolute atomic E-state index is 0.0645. The van der Waals surface area contributed by atoms with Crippen molar-refractivity contribution in [3.63, 3.8) is 0 Å². The molecule has 88 valence electrons. The van der Waals surface area contributed by atoms with Crippen molar-refractivity contribution in [3.8, 4) is 0 Å². The second-order valence-electron chi connectivity index (χ2n) is 6.50. The van der Waals surface area contributed by atoms with Gasteiger partial charge in [0, 0.05) is 19.1 Å². The molecule has 0 bridgehead atoms. The van der Waals surface area contributed by atoms with Gasteiger partial charge in [0.15, 0.2) is 0 Å². The number of hydrogen-bond acceptors (Lipinski definition) is 2. The van der Waals surface area contributed by atoms with Crippen molar-refractivity contribution in [1.82, 2.24) is 4.90 Å². The van der Waals surface area contributed by atoms with Crippen molar-refractivity contribution in [2.45, 2.75) is 58.6 Å². The van der Waals surface area contributed by atoms with Crippen LogP contribution in [0.25, 0.3) is 0 Å². The molecule has 0 radical (unpaired) electrons. The van der Waals surface area contributed by atoms with Crippen molar-refractivity contribution in [3.05, 3.63) is 0 Å². The quantitative estimate of drug-likeness (QED) is 0.719. The summed E-state index contributed by atoms with van der Waals surface area (Å²) in [5.41, 5.74) is 0.496. The molecule has 1 saturated carbocycles. The van der Waals surface area contributed by atoms with Crippen molar-refractivity contribution in [2.24, 2.45) is 11.3 Å². The summed E-state index contributed by atoms with van der Waals surface area (Å²) in [5, 5.41) is 9.58. The molecule has 0 aromatic heterocycles.